The smallest absolute Gasteiger partial charge is 0.147 e. The van der Waals surface area contributed by atoms with Crippen LogP contribution in [0, 0.1) is 12.8 Å². The van der Waals surface area contributed by atoms with Crippen molar-refractivity contribution >= 4 is 43.8 Å². The van der Waals surface area contributed by atoms with Gasteiger partial charge in [0.15, 0.2) is 0 Å². The van der Waals surface area contributed by atoms with Gasteiger partial charge in [-0.25, -0.2) is 0 Å². The van der Waals surface area contributed by atoms with Gasteiger partial charge >= 0.3 is 258 Å². The molecule has 44 heavy (non-hydrogen) atoms. The van der Waals surface area contributed by atoms with Gasteiger partial charge in [-0.3, -0.25) is 0 Å². The van der Waals surface area contributed by atoms with Crippen LogP contribution in [0.15, 0.2) is 96.1 Å². The van der Waals surface area contributed by atoms with Gasteiger partial charge in [-0.15, -0.1) is 24.8 Å². The molecular formula is C40H48Cl2SiZr. The van der Waals surface area contributed by atoms with E-state index in [2.05, 4.69) is 155 Å². The van der Waals surface area contributed by atoms with E-state index >= 15 is 0 Å². The molecule has 2 aliphatic carbocycles. The molecule has 0 N–H and O–H groups in total. The van der Waals surface area contributed by atoms with E-state index in [0.29, 0.717) is 19.1 Å². The Morgan fingerprint density at radius 3 is 1.84 bits per heavy atom. The van der Waals surface area contributed by atoms with E-state index in [9.17, 15) is 0 Å². The zero-order valence-corrected chi connectivity index (χ0v) is 33.1. The van der Waals surface area contributed by atoms with Crippen LogP contribution in [0.3, 0.4) is 0 Å². The Hall–Kier alpha value is -1.96. The quantitative estimate of drug-likeness (QED) is 0.174. The molecule has 0 spiro atoms. The van der Waals surface area contributed by atoms with Gasteiger partial charge in [0.25, 0.3) is 0 Å². The van der Waals surface area contributed by atoms with Crippen molar-refractivity contribution in [2.75, 3.05) is 0 Å². The van der Waals surface area contributed by atoms with Crippen LogP contribution < -0.4 is 0 Å². The fraction of sp³-hybridized carbons (Fsp3) is 0.300. The van der Waals surface area contributed by atoms with Gasteiger partial charge in [-0.2, -0.15) is 0 Å². The molecule has 0 saturated heterocycles. The minimum absolute atomic E-state index is 0. The largest absolute Gasteiger partial charge is 0.147 e. The number of hydrogen-bond acceptors (Lipinski definition) is 0. The molecule has 4 aromatic rings. The van der Waals surface area contributed by atoms with Crippen molar-refractivity contribution in [2.45, 2.75) is 64.0 Å². The number of halogens is 2. The third-order valence-corrected chi connectivity index (χ3v) is 27.8. The van der Waals surface area contributed by atoms with E-state index in [1.165, 1.54) is 44.5 Å². The number of fused-ring (bicyclic) bond motifs is 2. The minimum Gasteiger partial charge on any atom is -0.147 e. The average Bonchev–Trinajstić information content (AvgIpc) is 3.54. The Labute approximate surface area is 280 Å². The first kappa shape index (κ1) is 34.9. The minimum atomic E-state index is -3.65. The maximum absolute atomic E-state index is 3.65. The molecule has 0 radical (unpaired) electrons. The Bertz CT molecular complexity index is 1820. The van der Waals surface area contributed by atoms with Crippen LogP contribution in [-0.4, -0.2) is 6.88 Å². The number of rotatable bonds is 6. The second-order valence-electron chi connectivity index (χ2n) is 14.7. The van der Waals surface area contributed by atoms with Crippen LogP contribution in [0.2, 0.25) is 9.26 Å². The Balaban J connectivity index is 0.00000221. The van der Waals surface area contributed by atoms with Crippen LogP contribution >= 0.6 is 24.8 Å². The molecule has 230 valence electrons. The molecular weight excluding hydrogens is 671 g/mol. The standard InChI is InChI=1S/C21H23.C17H15.2CH3.2ClH.H2Si.Zr/c1-14(2)16-8-10-17(11-9-16)20-7-5-6-18-12-19(15(3)4)13-21(18)20;1-12-10-16-13(2)8-9-15(17(16)11-12)14-6-4-3-5-7-14;;;;;;/h5-15H,1-4H3;3-11H,1-2H3;2*1H3;2*1H;1H2;. The predicted molar refractivity (Wildman–Crippen MR) is 199 cm³/mol. The second kappa shape index (κ2) is 12.7. The van der Waals surface area contributed by atoms with Gasteiger partial charge in [0.1, 0.15) is 0 Å². The van der Waals surface area contributed by atoms with E-state index in [-0.39, 0.29) is 24.8 Å². The van der Waals surface area contributed by atoms with E-state index in [1.54, 1.807) is 22.3 Å². The van der Waals surface area contributed by atoms with Crippen LogP contribution in [0.5, 0.6) is 0 Å². The first-order chi connectivity index (χ1) is 19.9. The maximum Gasteiger partial charge on any atom is -0.147 e. The van der Waals surface area contributed by atoms with Crippen molar-refractivity contribution in [1.82, 2.24) is 0 Å². The van der Waals surface area contributed by atoms with Gasteiger partial charge in [0.05, 0.1) is 0 Å². The number of hydrogen-bond donors (Lipinski definition) is 0. The van der Waals surface area contributed by atoms with Crippen molar-refractivity contribution in [2.24, 2.45) is 5.92 Å². The van der Waals surface area contributed by atoms with E-state index in [1.807, 2.05) is 0 Å². The Kier molecular flexibility index (Phi) is 10.1. The second-order valence-corrected chi connectivity index (χ2v) is 45.2. The normalized spacial score (nSPS) is 17.4. The summed E-state index contributed by atoms with van der Waals surface area (Å²) in [6.07, 6.45) is 5.15. The predicted octanol–water partition coefficient (Wildman–Crippen LogP) is 11.9. The fourth-order valence-electron chi connectivity index (χ4n) is 8.36. The van der Waals surface area contributed by atoms with Crippen molar-refractivity contribution in [3.63, 3.8) is 0 Å². The first-order valence-electron chi connectivity index (χ1n) is 15.8. The van der Waals surface area contributed by atoms with Crippen LogP contribution in [0.1, 0.15) is 81.2 Å². The summed E-state index contributed by atoms with van der Waals surface area (Å²) in [5, 5.41) is 0. The van der Waals surface area contributed by atoms with Crippen LogP contribution in [0.4, 0.5) is 0 Å². The molecule has 0 bridgehead atoms. The van der Waals surface area contributed by atoms with Gasteiger partial charge < -0.3 is 0 Å². The third-order valence-electron chi connectivity index (χ3n) is 10.3. The molecule has 4 heteroatoms. The molecule has 0 heterocycles. The van der Waals surface area contributed by atoms with Crippen molar-refractivity contribution < 1.29 is 17.4 Å². The van der Waals surface area contributed by atoms with Gasteiger partial charge in [0.2, 0.25) is 0 Å². The molecule has 2 atom stereocenters. The third kappa shape index (κ3) is 5.75. The molecule has 4 aromatic carbocycles. The summed E-state index contributed by atoms with van der Waals surface area (Å²) in [6, 6.07) is 32.2. The maximum atomic E-state index is 2.77. The summed E-state index contributed by atoms with van der Waals surface area (Å²) in [5.41, 5.74) is 17.6. The van der Waals surface area contributed by atoms with Gasteiger partial charge in [-0.05, 0) is 0 Å². The van der Waals surface area contributed by atoms with Crippen LogP contribution in [-0.2, 0) is 17.4 Å². The molecule has 0 aromatic heterocycles. The zero-order chi connectivity index (χ0) is 30.0. The molecule has 0 fully saturated rings. The fourth-order valence-corrected chi connectivity index (χ4v) is 29.0. The summed E-state index contributed by atoms with van der Waals surface area (Å²) in [7, 11) is 0. The van der Waals surface area contributed by atoms with E-state index in [0.717, 1.165) is 0 Å². The van der Waals surface area contributed by atoms with Crippen LogP contribution in [0.25, 0.3) is 34.4 Å². The Morgan fingerprint density at radius 2 is 1.23 bits per heavy atom. The Morgan fingerprint density at radius 1 is 0.614 bits per heavy atom. The molecule has 0 nitrogen and oxygen atoms in total. The van der Waals surface area contributed by atoms with Crippen molar-refractivity contribution in [3.8, 4) is 22.3 Å². The van der Waals surface area contributed by atoms with Gasteiger partial charge in [0, 0.05) is 0 Å². The van der Waals surface area contributed by atoms with E-state index in [4.69, 9.17) is 0 Å². The first-order valence-corrected chi connectivity index (χ1v) is 29.4. The molecule has 2 aliphatic rings. The van der Waals surface area contributed by atoms with E-state index < -0.39 is 17.4 Å². The molecule has 0 aliphatic heterocycles. The average molecular weight is 719 g/mol. The summed E-state index contributed by atoms with van der Waals surface area (Å²) in [4.78, 5) is 0. The number of aryl methyl sites for hydroxylation is 1. The van der Waals surface area contributed by atoms with Crippen molar-refractivity contribution in [1.29, 1.82) is 0 Å². The molecule has 6 rings (SSSR count). The topological polar surface area (TPSA) is 0 Å². The van der Waals surface area contributed by atoms with Gasteiger partial charge in [-0.1, -0.05) is 0 Å². The molecule has 2 unspecified atom stereocenters. The van der Waals surface area contributed by atoms with Crippen molar-refractivity contribution in [3.05, 3.63) is 129 Å². The summed E-state index contributed by atoms with van der Waals surface area (Å²) in [6.45, 7) is 16.6. The monoisotopic (exact) mass is 716 g/mol. The molecule has 0 amide bonds. The summed E-state index contributed by atoms with van der Waals surface area (Å²) >= 11 is -3.65. The molecule has 0 saturated carbocycles. The number of allylic oxidation sites excluding steroid dienone is 2. The summed E-state index contributed by atoms with van der Waals surface area (Å²) in [5.74, 6) is 1.06. The zero-order valence-electron chi connectivity index (χ0n) is 27.6. The SMILES string of the molecule is CC1=Cc2c(-c3ccccc3)ccc(C)c2[CH]1[Zr]([CH3])([CH3])(=[SiH2])[CH]1C(C(C)C)=Cc2c(-c3ccc(C(C)C)cc3)cccc21.Cl.Cl. The summed E-state index contributed by atoms with van der Waals surface area (Å²) < 4.78 is 6.58. The number of benzene rings is 4.